The molecule has 1 aromatic carbocycles. The van der Waals surface area contributed by atoms with Gasteiger partial charge < -0.3 is 4.57 Å². The molecule has 0 bridgehead atoms. The lowest BCUT2D eigenvalue weighted by Crippen LogP contribution is -1.89. The smallest absolute Gasteiger partial charge is 0.0644 e. The first-order valence-corrected chi connectivity index (χ1v) is 5.60. The van der Waals surface area contributed by atoms with E-state index in [-0.39, 0.29) is 0 Å². The molecule has 1 aromatic heterocycles. The maximum Gasteiger partial charge on any atom is 0.0644 e. The molecule has 0 aliphatic carbocycles. The Labute approximate surface area is 96.8 Å². The third-order valence-corrected chi connectivity index (χ3v) is 4.14. The fourth-order valence-corrected chi connectivity index (χ4v) is 2.42. The molecule has 2 aromatic rings. The van der Waals surface area contributed by atoms with Crippen LogP contribution < -0.4 is 0 Å². The summed E-state index contributed by atoms with van der Waals surface area (Å²) in [6.07, 6.45) is 0. The summed E-state index contributed by atoms with van der Waals surface area (Å²) in [5.74, 6) is 0. The average molecular weight is 273 g/mol. The highest BCUT2D eigenvalue weighted by atomic mass is 79.9. The Balaban J connectivity index is 3.03. The molecule has 0 fully saturated rings. The van der Waals surface area contributed by atoms with Crippen molar-refractivity contribution >= 4 is 38.4 Å². The molecular weight excluding hydrogens is 261 g/mol. The van der Waals surface area contributed by atoms with Gasteiger partial charge in [-0.1, -0.05) is 11.6 Å². The molecule has 0 saturated heterocycles. The van der Waals surface area contributed by atoms with Crippen LogP contribution in [0.2, 0.25) is 5.02 Å². The fourth-order valence-electron chi connectivity index (χ4n) is 1.79. The van der Waals surface area contributed by atoms with E-state index in [1.807, 2.05) is 6.07 Å². The van der Waals surface area contributed by atoms with Gasteiger partial charge in [-0.2, -0.15) is 0 Å². The maximum absolute atomic E-state index is 6.26. The highest BCUT2D eigenvalue weighted by Crippen LogP contribution is 2.35. The molecule has 0 N–H and O–H groups in total. The summed E-state index contributed by atoms with van der Waals surface area (Å²) < 4.78 is 3.13. The zero-order chi connectivity index (χ0) is 10.5. The van der Waals surface area contributed by atoms with E-state index in [9.17, 15) is 0 Å². The van der Waals surface area contributed by atoms with E-state index in [0.717, 1.165) is 14.9 Å². The molecular formula is C11H11BrClN. The van der Waals surface area contributed by atoms with Crippen LogP contribution >= 0.6 is 27.5 Å². The van der Waals surface area contributed by atoms with Gasteiger partial charge in [0.25, 0.3) is 0 Å². The van der Waals surface area contributed by atoms with Crippen molar-refractivity contribution in [3.05, 3.63) is 32.9 Å². The first kappa shape index (κ1) is 10.1. The topological polar surface area (TPSA) is 4.93 Å². The summed E-state index contributed by atoms with van der Waals surface area (Å²) in [7, 11) is 2.06. The summed E-state index contributed by atoms with van der Waals surface area (Å²) in [6, 6.07) is 4.08. The van der Waals surface area contributed by atoms with Gasteiger partial charge in [-0.25, -0.2) is 0 Å². The van der Waals surface area contributed by atoms with Gasteiger partial charge in [0.1, 0.15) is 0 Å². The number of nitrogens with zero attached hydrogens (tertiary/aromatic N) is 1. The van der Waals surface area contributed by atoms with Gasteiger partial charge in [0.05, 0.1) is 5.02 Å². The SMILES string of the molecule is Cc1c(C)n(C)c2ccc(Br)c(Cl)c12. The van der Waals surface area contributed by atoms with Crippen molar-refractivity contribution in [2.75, 3.05) is 0 Å². The minimum atomic E-state index is 0.809. The van der Waals surface area contributed by atoms with Gasteiger partial charge in [-0.15, -0.1) is 0 Å². The van der Waals surface area contributed by atoms with E-state index in [2.05, 4.69) is 47.5 Å². The molecule has 14 heavy (non-hydrogen) atoms. The van der Waals surface area contributed by atoms with E-state index in [1.165, 1.54) is 16.8 Å². The second-order valence-corrected chi connectivity index (χ2v) is 4.76. The summed E-state index contributed by atoms with van der Waals surface area (Å²) in [4.78, 5) is 0. The first-order chi connectivity index (χ1) is 6.54. The Kier molecular flexibility index (Phi) is 2.36. The van der Waals surface area contributed by atoms with Gasteiger partial charge in [0, 0.05) is 28.1 Å². The monoisotopic (exact) mass is 271 g/mol. The number of fused-ring (bicyclic) bond motifs is 1. The Bertz CT molecular complexity index is 514. The summed E-state index contributed by atoms with van der Waals surface area (Å²) >= 11 is 9.70. The van der Waals surface area contributed by atoms with Crippen molar-refractivity contribution < 1.29 is 0 Å². The molecule has 3 heteroatoms. The number of hydrogen-bond acceptors (Lipinski definition) is 0. The van der Waals surface area contributed by atoms with Crippen LogP contribution in [0.25, 0.3) is 10.9 Å². The number of hydrogen-bond donors (Lipinski definition) is 0. The van der Waals surface area contributed by atoms with Gasteiger partial charge in [0.2, 0.25) is 0 Å². The molecule has 0 aliphatic rings. The molecule has 1 heterocycles. The molecule has 0 atom stereocenters. The van der Waals surface area contributed by atoms with E-state index >= 15 is 0 Å². The van der Waals surface area contributed by atoms with Crippen LogP contribution in [-0.2, 0) is 7.05 Å². The lowest BCUT2D eigenvalue weighted by atomic mass is 10.1. The number of aryl methyl sites for hydroxylation is 2. The molecule has 0 radical (unpaired) electrons. The quantitative estimate of drug-likeness (QED) is 0.677. The third-order valence-electron chi connectivity index (χ3n) is 2.86. The van der Waals surface area contributed by atoms with E-state index in [0.29, 0.717) is 0 Å². The van der Waals surface area contributed by atoms with Crippen LogP contribution in [0.1, 0.15) is 11.3 Å². The van der Waals surface area contributed by atoms with Crippen molar-refractivity contribution in [2.45, 2.75) is 13.8 Å². The number of aromatic nitrogens is 1. The standard InChI is InChI=1S/C11H11BrClN/c1-6-7(2)14(3)9-5-4-8(12)11(13)10(6)9/h4-5H,1-3H3. The summed E-state index contributed by atoms with van der Waals surface area (Å²) in [5, 5.41) is 1.96. The van der Waals surface area contributed by atoms with Crippen LogP contribution in [-0.4, -0.2) is 4.57 Å². The lowest BCUT2D eigenvalue weighted by Gasteiger charge is -2.00. The zero-order valence-corrected chi connectivity index (χ0v) is 10.7. The number of rotatable bonds is 0. The molecule has 0 unspecified atom stereocenters. The molecule has 0 spiro atoms. The Morgan fingerprint density at radius 2 is 1.93 bits per heavy atom. The first-order valence-electron chi connectivity index (χ1n) is 4.43. The molecule has 2 rings (SSSR count). The Morgan fingerprint density at radius 3 is 2.57 bits per heavy atom. The van der Waals surface area contributed by atoms with Crippen molar-refractivity contribution in [1.29, 1.82) is 0 Å². The van der Waals surface area contributed by atoms with Crippen LogP contribution in [0.3, 0.4) is 0 Å². The maximum atomic E-state index is 6.26. The van der Waals surface area contributed by atoms with E-state index < -0.39 is 0 Å². The second kappa shape index (κ2) is 3.28. The fraction of sp³-hybridized carbons (Fsp3) is 0.273. The zero-order valence-electron chi connectivity index (χ0n) is 8.36. The van der Waals surface area contributed by atoms with Gasteiger partial charge in [0.15, 0.2) is 0 Å². The second-order valence-electron chi connectivity index (χ2n) is 3.52. The number of benzene rings is 1. The minimum absolute atomic E-state index is 0.809. The lowest BCUT2D eigenvalue weighted by molar-refractivity contribution is 0.910. The Hall–Kier alpha value is -0.470. The summed E-state index contributed by atoms with van der Waals surface area (Å²) in [5.41, 5.74) is 3.71. The van der Waals surface area contributed by atoms with Gasteiger partial charge >= 0.3 is 0 Å². The number of halogens is 2. The molecule has 0 saturated carbocycles. The summed E-state index contributed by atoms with van der Waals surface area (Å²) in [6.45, 7) is 4.22. The highest BCUT2D eigenvalue weighted by Gasteiger charge is 2.12. The van der Waals surface area contributed by atoms with Crippen LogP contribution in [0, 0.1) is 13.8 Å². The average Bonchev–Trinajstić information content (AvgIpc) is 2.38. The van der Waals surface area contributed by atoms with Crippen molar-refractivity contribution in [3.63, 3.8) is 0 Å². The van der Waals surface area contributed by atoms with Gasteiger partial charge in [-0.3, -0.25) is 0 Å². The van der Waals surface area contributed by atoms with E-state index in [1.54, 1.807) is 0 Å². The highest BCUT2D eigenvalue weighted by molar-refractivity contribution is 9.10. The predicted molar refractivity (Wildman–Crippen MR) is 65.1 cm³/mol. The largest absolute Gasteiger partial charge is 0.348 e. The minimum Gasteiger partial charge on any atom is -0.348 e. The normalized spacial score (nSPS) is 11.2. The van der Waals surface area contributed by atoms with E-state index in [4.69, 9.17) is 11.6 Å². The molecule has 74 valence electrons. The van der Waals surface area contributed by atoms with Crippen molar-refractivity contribution in [3.8, 4) is 0 Å². The predicted octanol–water partition coefficient (Wildman–Crippen LogP) is 4.21. The molecule has 0 aliphatic heterocycles. The van der Waals surface area contributed by atoms with Crippen molar-refractivity contribution in [2.24, 2.45) is 7.05 Å². The Morgan fingerprint density at radius 1 is 1.29 bits per heavy atom. The van der Waals surface area contributed by atoms with Crippen LogP contribution in [0.15, 0.2) is 16.6 Å². The van der Waals surface area contributed by atoms with Crippen LogP contribution in [0.5, 0.6) is 0 Å². The third kappa shape index (κ3) is 1.21. The molecule has 1 nitrogen and oxygen atoms in total. The van der Waals surface area contributed by atoms with Crippen LogP contribution in [0.4, 0.5) is 0 Å². The van der Waals surface area contributed by atoms with Crippen molar-refractivity contribution in [1.82, 2.24) is 4.57 Å². The van der Waals surface area contributed by atoms with Gasteiger partial charge in [-0.05, 0) is 47.5 Å². The molecule has 0 amide bonds.